The summed E-state index contributed by atoms with van der Waals surface area (Å²) in [6.07, 6.45) is -0.753. The van der Waals surface area contributed by atoms with Gasteiger partial charge in [0.05, 0.1) is 11.2 Å². The Balaban J connectivity index is 2.31. The molecule has 1 aromatic rings. The maximum atomic E-state index is 9.56. The number of rotatable bonds is 6. The highest BCUT2D eigenvalue weighted by molar-refractivity contribution is 6.32. The summed E-state index contributed by atoms with van der Waals surface area (Å²) in [5, 5.41) is 13.0. The summed E-state index contributed by atoms with van der Waals surface area (Å²) >= 11 is 5.89. The minimum atomic E-state index is -0.609. The molecule has 0 radical (unpaired) electrons. The molecular formula is C11H17ClN2O2. The minimum Gasteiger partial charge on any atom is -0.489 e. The van der Waals surface area contributed by atoms with E-state index in [0.29, 0.717) is 17.3 Å². The summed E-state index contributed by atoms with van der Waals surface area (Å²) < 4.78 is 5.37. The fraction of sp³-hybridized carbons (Fsp3) is 0.455. The van der Waals surface area contributed by atoms with E-state index >= 15 is 0 Å². The number of aliphatic hydroxyl groups excluding tert-OH is 1. The number of benzene rings is 1. The van der Waals surface area contributed by atoms with Crippen LogP contribution in [0.5, 0.6) is 5.75 Å². The highest BCUT2D eigenvalue weighted by Crippen LogP contribution is 2.22. The second kappa shape index (κ2) is 6.70. The highest BCUT2D eigenvalue weighted by Gasteiger charge is 2.07. The molecule has 0 aliphatic heterocycles. The number of hydrogen-bond donors (Lipinski definition) is 3. The van der Waals surface area contributed by atoms with Crippen molar-refractivity contribution in [3.8, 4) is 5.75 Å². The van der Waals surface area contributed by atoms with Gasteiger partial charge in [-0.3, -0.25) is 5.32 Å². The number of nitrogens with one attached hydrogen (secondary N) is 1. The molecule has 0 saturated carbocycles. The van der Waals surface area contributed by atoms with Crippen LogP contribution in [-0.2, 0) is 0 Å². The summed E-state index contributed by atoms with van der Waals surface area (Å²) in [5.74, 6) is 0.573. The van der Waals surface area contributed by atoms with E-state index in [2.05, 4.69) is 5.32 Å². The first kappa shape index (κ1) is 13.3. The van der Waals surface area contributed by atoms with E-state index in [0.717, 1.165) is 0 Å². The van der Waals surface area contributed by atoms with Gasteiger partial charge in [-0.2, -0.15) is 0 Å². The lowest BCUT2D eigenvalue weighted by Gasteiger charge is -2.15. The zero-order valence-corrected chi connectivity index (χ0v) is 9.95. The molecule has 4 N–H and O–H groups in total. The molecule has 0 spiro atoms. The van der Waals surface area contributed by atoms with Gasteiger partial charge in [-0.05, 0) is 19.1 Å². The van der Waals surface area contributed by atoms with Crippen molar-refractivity contribution in [1.29, 1.82) is 0 Å². The Morgan fingerprint density at radius 1 is 1.50 bits per heavy atom. The van der Waals surface area contributed by atoms with Crippen LogP contribution in [0.4, 0.5) is 0 Å². The van der Waals surface area contributed by atoms with Gasteiger partial charge in [0.15, 0.2) is 0 Å². The van der Waals surface area contributed by atoms with Gasteiger partial charge in [-0.25, -0.2) is 0 Å². The molecule has 2 atom stereocenters. The van der Waals surface area contributed by atoms with Crippen molar-refractivity contribution in [2.75, 3.05) is 13.2 Å². The van der Waals surface area contributed by atoms with Crippen LogP contribution in [0, 0.1) is 0 Å². The smallest absolute Gasteiger partial charge is 0.138 e. The lowest BCUT2D eigenvalue weighted by Crippen LogP contribution is -2.41. The Morgan fingerprint density at radius 3 is 2.81 bits per heavy atom. The van der Waals surface area contributed by atoms with Crippen LogP contribution >= 0.6 is 11.6 Å². The average Bonchev–Trinajstić information content (AvgIpc) is 2.25. The molecule has 5 heteroatoms. The van der Waals surface area contributed by atoms with E-state index in [1.165, 1.54) is 0 Å². The number of aliphatic hydroxyl groups is 1. The van der Waals surface area contributed by atoms with Crippen LogP contribution in [0.25, 0.3) is 0 Å². The molecule has 0 aliphatic carbocycles. The molecule has 0 aliphatic rings. The first-order valence-electron chi connectivity index (χ1n) is 5.14. The summed E-state index contributed by atoms with van der Waals surface area (Å²) in [6.45, 7) is 2.38. The van der Waals surface area contributed by atoms with Crippen molar-refractivity contribution >= 4 is 11.6 Å². The Bertz CT molecular complexity index is 321. The van der Waals surface area contributed by atoms with E-state index in [1.54, 1.807) is 12.1 Å². The second-order valence-corrected chi connectivity index (χ2v) is 4.00. The van der Waals surface area contributed by atoms with Gasteiger partial charge in [-0.1, -0.05) is 23.7 Å². The van der Waals surface area contributed by atoms with Crippen molar-refractivity contribution < 1.29 is 9.84 Å². The lowest BCUT2D eigenvalue weighted by molar-refractivity contribution is 0.104. The van der Waals surface area contributed by atoms with E-state index in [4.69, 9.17) is 22.1 Å². The zero-order valence-electron chi connectivity index (χ0n) is 9.19. The standard InChI is InChI=1S/C11H17ClN2O2/c1-8(13)14-6-9(15)7-16-11-5-3-2-4-10(11)12/h2-5,8-9,14-15H,6-7,13H2,1H3. The van der Waals surface area contributed by atoms with Crippen molar-refractivity contribution in [2.45, 2.75) is 19.2 Å². The summed E-state index contributed by atoms with van der Waals surface area (Å²) in [7, 11) is 0. The lowest BCUT2D eigenvalue weighted by atomic mass is 10.3. The van der Waals surface area contributed by atoms with Crippen LogP contribution in [0.2, 0.25) is 5.02 Å². The van der Waals surface area contributed by atoms with Crippen molar-refractivity contribution in [3.05, 3.63) is 29.3 Å². The topological polar surface area (TPSA) is 67.5 Å². The van der Waals surface area contributed by atoms with Crippen LogP contribution in [0.1, 0.15) is 6.92 Å². The SMILES string of the molecule is CC(N)NCC(O)COc1ccccc1Cl. The van der Waals surface area contributed by atoms with Crippen LogP contribution in [0.3, 0.4) is 0 Å². The van der Waals surface area contributed by atoms with E-state index in [9.17, 15) is 5.11 Å². The van der Waals surface area contributed by atoms with Crippen molar-refractivity contribution in [3.63, 3.8) is 0 Å². The zero-order chi connectivity index (χ0) is 12.0. The maximum Gasteiger partial charge on any atom is 0.138 e. The molecular weight excluding hydrogens is 228 g/mol. The Kier molecular flexibility index (Phi) is 5.55. The molecule has 1 rings (SSSR count). The Hall–Kier alpha value is -0.810. The van der Waals surface area contributed by atoms with Gasteiger partial charge in [0.25, 0.3) is 0 Å². The largest absolute Gasteiger partial charge is 0.489 e. The predicted molar refractivity (Wildman–Crippen MR) is 64.6 cm³/mol. The second-order valence-electron chi connectivity index (χ2n) is 3.59. The number of ether oxygens (including phenoxy) is 1. The third kappa shape index (κ3) is 4.81. The Morgan fingerprint density at radius 2 is 2.19 bits per heavy atom. The molecule has 1 aromatic carbocycles. The first-order valence-corrected chi connectivity index (χ1v) is 5.51. The molecule has 0 fully saturated rings. The van der Waals surface area contributed by atoms with Gasteiger partial charge in [0, 0.05) is 6.54 Å². The average molecular weight is 245 g/mol. The van der Waals surface area contributed by atoms with E-state index in [-0.39, 0.29) is 12.8 Å². The third-order valence-corrected chi connectivity index (χ3v) is 2.26. The minimum absolute atomic E-state index is 0.144. The number of halogens is 1. The molecule has 0 amide bonds. The molecule has 0 bridgehead atoms. The fourth-order valence-corrected chi connectivity index (χ4v) is 1.32. The van der Waals surface area contributed by atoms with Gasteiger partial charge in [-0.15, -0.1) is 0 Å². The van der Waals surface area contributed by atoms with Gasteiger partial charge < -0.3 is 15.6 Å². The van der Waals surface area contributed by atoms with Gasteiger partial charge in [0.1, 0.15) is 18.5 Å². The van der Waals surface area contributed by atoms with Crippen molar-refractivity contribution in [2.24, 2.45) is 5.73 Å². The molecule has 16 heavy (non-hydrogen) atoms. The quantitative estimate of drug-likeness (QED) is 0.653. The van der Waals surface area contributed by atoms with E-state index in [1.807, 2.05) is 19.1 Å². The summed E-state index contributed by atoms with van der Waals surface area (Å²) in [4.78, 5) is 0. The molecule has 4 nitrogen and oxygen atoms in total. The first-order chi connectivity index (χ1) is 7.59. The van der Waals surface area contributed by atoms with Gasteiger partial charge >= 0.3 is 0 Å². The molecule has 90 valence electrons. The maximum absolute atomic E-state index is 9.56. The van der Waals surface area contributed by atoms with Crippen LogP contribution in [-0.4, -0.2) is 30.5 Å². The molecule has 2 unspecified atom stereocenters. The fourth-order valence-electron chi connectivity index (χ4n) is 1.13. The van der Waals surface area contributed by atoms with Crippen LogP contribution in [0.15, 0.2) is 24.3 Å². The normalized spacial score (nSPS) is 14.5. The Labute approximate surface area is 100 Å². The monoisotopic (exact) mass is 244 g/mol. The molecule has 0 aromatic heterocycles. The summed E-state index contributed by atoms with van der Waals surface area (Å²) in [6, 6.07) is 7.15. The highest BCUT2D eigenvalue weighted by atomic mass is 35.5. The number of para-hydroxylation sites is 1. The van der Waals surface area contributed by atoms with Gasteiger partial charge in [0.2, 0.25) is 0 Å². The predicted octanol–water partition coefficient (Wildman–Crippen LogP) is 0.974. The molecule has 0 saturated heterocycles. The van der Waals surface area contributed by atoms with Crippen LogP contribution < -0.4 is 15.8 Å². The number of hydrogen-bond acceptors (Lipinski definition) is 4. The number of nitrogens with two attached hydrogens (primary N) is 1. The van der Waals surface area contributed by atoms with E-state index < -0.39 is 6.10 Å². The third-order valence-electron chi connectivity index (χ3n) is 1.94. The van der Waals surface area contributed by atoms with Crippen molar-refractivity contribution in [1.82, 2.24) is 5.32 Å². The summed E-state index contributed by atoms with van der Waals surface area (Å²) in [5.41, 5.74) is 5.49. The molecule has 0 heterocycles.